The largest absolute Gasteiger partial charge is 0.350 e. The molecule has 1 aliphatic heterocycles. The third-order valence-electron chi connectivity index (χ3n) is 3.15. The van der Waals surface area contributed by atoms with Crippen LogP contribution >= 0.6 is 11.3 Å². The fourth-order valence-corrected chi connectivity index (χ4v) is 2.94. The average molecular weight is 307 g/mol. The summed E-state index contributed by atoms with van der Waals surface area (Å²) >= 11 is 1.53. The molecule has 2 aromatic heterocycles. The van der Waals surface area contributed by atoms with Gasteiger partial charge in [0.1, 0.15) is 6.04 Å². The number of carbonyl (C=O) groups excluding carboxylic acids is 3. The highest BCUT2D eigenvalue weighted by Gasteiger charge is 2.31. The van der Waals surface area contributed by atoms with Crippen LogP contribution in [0.5, 0.6) is 0 Å². The number of nitrogens with zero attached hydrogens (tertiary/aromatic N) is 2. The van der Waals surface area contributed by atoms with E-state index in [0.717, 1.165) is 16.3 Å². The number of carbonyl (C=O) groups is 3. The lowest BCUT2D eigenvalue weighted by Crippen LogP contribution is -2.36. The molecule has 3 heterocycles. The Morgan fingerprint density at radius 3 is 3.00 bits per heavy atom. The van der Waals surface area contributed by atoms with Gasteiger partial charge in [-0.15, -0.1) is 11.3 Å². The fraction of sp³-hybridized carbons (Fsp3) is 0.333. The summed E-state index contributed by atoms with van der Waals surface area (Å²) in [4.78, 5) is 39.3. The van der Waals surface area contributed by atoms with Crippen molar-refractivity contribution in [3.05, 3.63) is 23.0 Å². The van der Waals surface area contributed by atoms with E-state index in [1.807, 2.05) is 22.9 Å². The Kier molecular flexibility index (Phi) is 3.34. The van der Waals surface area contributed by atoms with Crippen molar-refractivity contribution in [1.82, 2.24) is 25.3 Å². The van der Waals surface area contributed by atoms with Gasteiger partial charge in [-0.25, -0.2) is 9.78 Å². The smallest absolute Gasteiger partial charge is 0.322 e. The highest BCUT2D eigenvalue weighted by molar-refractivity contribution is 7.15. The third kappa shape index (κ3) is 2.72. The molecule has 1 aliphatic rings. The van der Waals surface area contributed by atoms with Gasteiger partial charge in [-0.3, -0.25) is 19.3 Å². The van der Waals surface area contributed by atoms with Crippen LogP contribution in [0.25, 0.3) is 4.96 Å². The number of urea groups is 1. The number of nitrogens with one attached hydrogen (secondary N) is 3. The van der Waals surface area contributed by atoms with Gasteiger partial charge in [0.15, 0.2) is 4.96 Å². The molecule has 0 spiro atoms. The maximum absolute atomic E-state index is 11.8. The number of fused-ring (bicyclic) bond motifs is 1. The summed E-state index contributed by atoms with van der Waals surface area (Å²) in [6.07, 6.45) is 1.78. The van der Waals surface area contributed by atoms with Crippen LogP contribution in [0.15, 0.2) is 11.6 Å². The monoisotopic (exact) mass is 307 g/mol. The molecule has 0 radical (unpaired) electrons. The van der Waals surface area contributed by atoms with E-state index in [1.54, 1.807) is 0 Å². The molecule has 3 N–H and O–H groups in total. The minimum Gasteiger partial charge on any atom is -0.350 e. The van der Waals surface area contributed by atoms with Crippen LogP contribution < -0.4 is 16.0 Å². The first-order valence-corrected chi connectivity index (χ1v) is 7.21. The van der Waals surface area contributed by atoms with Crippen LogP contribution in [0.2, 0.25) is 0 Å². The Morgan fingerprint density at radius 1 is 1.52 bits per heavy atom. The number of imide groups is 1. The maximum atomic E-state index is 11.8. The quantitative estimate of drug-likeness (QED) is 0.687. The Balaban J connectivity index is 1.56. The van der Waals surface area contributed by atoms with Crippen molar-refractivity contribution in [2.75, 3.05) is 0 Å². The molecule has 8 nitrogen and oxygen atoms in total. The summed E-state index contributed by atoms with van der Waals surface area (Å²) in [5.74, 6) is -0.793. The Labute approximate surface area is 123 Å². The fourth-order valence-electron chi connectivity index (χ4n) is 2.07. The van der Waals surface area contributed by atoms with E-state index in [0.29, 0.717) is 0 Å². The standard InChI is InChI=1S/C12H13N5O3S/c1-6-5-21-12-14-7(4-17(6)12)3-13-9(18)2-8-10(19)16-11(20)15-8/h4-5,8H,2-3H2,1H3,(H,13,18)(H2,15,16,19,20). The molecule has 1 saturated heterocycles. The molecular weight excluding hydrogens is 294 g/mol. The summed E-state index contributed by atoms with van der Waals surface area (Å²) in [6.45, 7) is 2.27. The number of hydrogen-bond donors (Lipinski definition) is 3. The Bertz CT molecular complexity index is 734. The second-order valence-electron chi connectivity index (χ2n) is 4.76. The molecule has 21 heavy (non-hydrogen) atoms. The van der Waals surface area contributed by atoms with E-state index in [2.05, 4.69) is 20.9 Å². The minimum atomic E-state index is -0.801. The lowest BCUT2D eigenvalue weighted by atomic mass is 10.2. The summed E-state index contributed by atoms with van der Waals surface area (Å²) < 4.78 is 1.96. The van der Waals surface area contributed by atoms with Crippen molar-refractivity contribution in [2.24, 2.45) is 0 Å². The Hall–Kier alpha value is -2.42. The molecule has 1 fully saturated rings. The molecule has 1 unspecified atom stereocenters. The zero-order valence-corrected chi connectivity index (χ0v) is 12.0. The van der Waals surface area contributed by atoms with Gasteiger partial charge in [-0.05, 0) is 6.92 Å². The topological polar surface area (TPSA) is 105 Å². The number of imidazole rings is 1. The van der Waals surface area contributed by atoms with Crippen LogP contribution in [-0.4, -0.2) is 33.3 Å². The zero-order chi connectivity index (χ0) is 15.0. The van der Waals surface area contributed by atoms with E-state index >= 15 is 0 Å². The Morgan fingerprint density at radius 2 is 2.33 bits per heavy atom. The number of aryl methyl sites for hydroxylation is 1. The SMILES string of the molecule is Cc1csc2nc(CNC(=O)CC3NC(=O)NC3=O)cn12. The first kappa shape index (κ1) is 13.6. The zero-order valence-electron chi connectivity index (χ0n) is 11.2. The number of thiazole rings is 1. The van der Waals surface area contributed by atoms with Crippen molar-refractivity contribution in [2.45, 2.75) is 25.9 Å². The maximum Gasteiger partial charge on any atom is 0.322 e. The van der Waals surface area contributed by atoms with Crippen molar-refractivity contribution in [1.29, 1.82) is 0 Å². The molecule has 2 aromatic rings. The highest BCUT2D eigenvalue weighted by atomic mass is 32.1. The van der Waals surface area contributed by atoms with E-state index in [4.69, 9.17) is 0 Å². The van der Waals surface area contributed by atoms with E-state index in [9.17, 15) is 14.4 Å². The van der Waals surface area contributed by atoms with Crippen molar-refractivity contribution in [3.63, 3.8) is 0 Å². The first-order chi connectivity index (χ1) is 10.0. The molecule has 0 aromatic carbocycles. The highest BCUT2D eigenvalue weighted by Crippen LogP contribution is 2.15. The third-order valence-corrected chi connectivity index (χ3v) is 4.11. The molecule has 1 atom stereocenters. The second-order valence-corrected chi connectivity index (χ2v) is 5.59. The van der Waals surface area contributed by atoms with Crippen LogP contribution in [0.1, 0.15) is 17.8 Å². The summed E-state index contributed by atoms with van der Waals surface area (Å²) in [7, 11) is 0. The molecule has 4 amide bonds. The molecular formula is C12H13N5O3S. The van der Waals surface area contributed by atoms with E-state index in [-0.39, 0.29) is 18.9 Å². The van der Waals surface area contributed by atoms with Crippen molar-refractivity contribution in [3.8, 4) is 0 Å². The van der Waals surface area contributed by atoms with Crippen LogP contribution in [-0.2, 0) is 16.1 Å². The van der Waals surface area contributed by atoms with E-state index < -0.39 is 18.0 Å². The van der Waals surface area contributed by atoms with E-state index in [1.165, 1.54) is 11.3 Å². The van der Waals surface area contributed by atoms with Gasteiger partial charge in [-0.1, -0.05) is 0 Å². The lowest BCUT2D eigenvalue weighted by molar-refractivity contribution is -0.126. The van der Waals surface area contributed by atoms with Crippen molar-refractivity contribution >= 4 is 34.1 Å². The molecule has 110 valence electrons. The van der Waals surface area contributed by atoms with Crippen LogP contribution in [0.3, 0.4) is 0 Å². The van der Waals surface area contributed by atoms with Crippen molar-refractivity contribution < 1.29 is 14.4 Å². The minimum absolute atomic E-state index is 0.0845. The first-order valence-electron chi connectivity index (χ1n) is 6.33. The van der Waals surface area contributed by atoms with Gasteiger partial charge < -0.3 is 10.6 Å². The van der Waals surface area contributed by atoms with Gasteiger partial charge >= 0.3 is 6.03 Å². The second kappa shape index (κ2) is 5.17. The molecule has 0 saturated carbocycles. The normalized spacial score (nSPS) is 17.9. The predicted molar refractivity (Wildman–Crippen MR) is 74.7 cm³/mol. The molecule has 0 aliphatic carbocycles. The summed E-state index contributed by atoms with van der Waals surface area (Å²) in [6, 6.07) is -1.37. The lowest BCUT2D eigenvalue weighted by Gasteiger charge is -2.07. The van der Waals surface area contributed by atoms with Gasteiger partial charge in [-0.2, -0.15) is 0 Å². The van der Waals surface area contributed by atoms with Gasteiger partial charge in [0.2, 0.25) is 5.91 Å². The van der Waals surface area contributed by atoms with Gasteiger partial charge in [0, 0.05) is 17.3 Å². The number of hydrogen-bond acceptors (Lipinski definition) is 5. The van der Waals surface area contributed by atoms with Crippen LogP contribution in [0.4, 0.5) is 4.79 Å². The molecule has 0 bridgehead atoms. The predicted octanol–water partition coefficient (Wildman–Crippen LogP) is -0.0815. The number of rotatable bonds is 4. The molecule has 3 rings (SSSR count). The summed E-state index contributed by atoms with van der Waals surface area (Å²) in [5.41, 5.74) is 1.84. The van der Waals surface area contributed by atoms with Crippen LogP contribution in [0, 0.1) is 6.92 Å². The van der Waals surface area contributed by atoms with Gasteiger partial charge in [0.05, 0.1) is 18.7 Å². The number of amides is 4. The summed E-state index contributed by atoms with van der Waals surface area (Å²) in [5, 5.41) is 9.16. The number of aromatic nitrogens is 2. The van der Waals surface area contributed by atoms with Gasteiger partial charge in [0.25, 0.3) is 5.91 Å². The molecule has 9 heteroatoms. The average Bonchev–Trinajstić information content (AvgIpc) is 3.06.